The number of fused-ring (bicyclic) bond motifs is 1. The molecule has 2 aliphatic rings. The monoisotopic (exact) mass is 304 g/mol. The molecule has 1 aliphatic heterocycles. The molecule has 1 aromatic rings. The number of benzene rings is 1. The molecule has 0 radical (unpaired) electrons. The minimum atomic E-state index is -0.399. The standard InChI is InChI=1S/C18H24O4/c19-13(7-6-12-4-2-1-3-5-12)8-9-14-15-10-18(21)22-17(15)11-16(14)20/h1-5,13-17,19-20H,6-11H2/t13-,14+,15+,16-,17-/m0/s1. The van der Waals surface area contributed by atoms with E-state index in [4.69, 9.17) is 4.74 Å². The minimum absolute atomic E-state index is 0.0859. The van der Waals surface area contributed by atoms with Gasteiger partial charge in [0.2, 0.25) is 0 Å². The van der Waals surface area contributed by atoms with Gasteiger partial charge >= 0.3 is 5.97 Å². The minimum Gasteiger partial charge on any atom is -0.462 e. The molecule has 2 N–H and O–H groups in total. The molecule has 1 aliphatic carbocycles. The summed E-state index contributed by atoms with van der Waals surface area (Å²) in [5, 5.41) is 20.3. The Labute approximate surface area is 131 Å². The van der Waals surface area contributed by atoms with Gasteiger partial charge in [0.25, 0.3) is 0 Å². The highest BCUT2D eigenvalue weighted by Crippen LogP contribution is 2.43. The number of aryl methyl sites for hydroxylation is 1. The van der Waals surface area contributed by atoms with Gasteiger partial charge in [-0.2, -0.15) is 0 Å². The van der Waals surface area contributed by atoms with Crippen molar-refractivity contribution < 1.29 is 19.7 Å². The highest BCUT2D eigenvalue weighted by Gasteiger charge is 2.49. The maximum absolute atomic E-state index is 11.4. The van der Waals surface area contributed by atoms with Crippen molar-refractivity contribution in [3.63, 3.8) is 0 Å². The Kier molecular flexibility index (Phi) is 4.79. The van der Waals surface area contributed by atoms with Gasteiger partial charge in [-0.05, 0) is 37.2 Å². The first-order valence-electron chi connectivity index (χ1n) is 8.23. The Morgan fingerprint density at radius 2 is 2.00 bits per heavy atom. The third-order valence-electron chi connectivity index (χ3n) is 5.12. The van der Waals surface area contributed by atoms with Crippen molar-refractivity contribution in [3.8, 4) is 0 Å². The van der Waals surface area contributed by atoms with Crippen molar-refractivity contribution in [1.82, 2.24) is 0 Å². The Bertz CT molecular complexity index is 501. The van der Waals surface area contributed by atoms with Gasteiger partial charge in [0, 0.05) is 12.3 Å². The summed E-state index contributed by atoms with van der Waals surface area (Å²) in [5.74, 6) is 0.0863. The maximum Gasteiger partial charge on any atom is 0.306 e. The second kappa shape index (κ2) is 6.80. The molecule has 1 saturated carbocycles. The number of hydrogen-bond acceptors (Lipinski definition) is 4. The lowest BCUT2D eigenvalue weighted by molar-refractivity contribution is -0.141. The molecule has 1 aromatic carbocycles. The molecular formula is C18H24O4. The highest BCUT2D eigenvalue weighted by molar-refractivity contribution is 5.72. The van der Waals surface area contributed by atoms with E-state index in [1.54, 1.807) is 0 Å². The fraction of sp³-hybridized carbons (Fsp3) is 0.611. The zero-order valence-corrected chi connectivity index (χ0v) is 12.7. The fourth-order valence-corrected chi connectivity index (χ4v) is 3.89. The van der Waals surface area contributed by atoms with Crippen LogP contribution in [0.1, 0.15) is 37.7 Å². The summed E-state index contributed by atoms with van der Waals surface area (Å²) in [6, 6.07) is 10.1. The van der Waals surface area contributed by atoms with Gasteiger partial charge < -0.3 is 14.9 Å². The van der Waals surface area contributed by atoms with Crippen molar-refractivity contribution in [2.45, 2.75) is 56.8 Å². The zero-order valence-electron chi connectivity index (χ0n) is 12.7. The number of hydrogen-bond donors (Lipinski definition) is 2. The van der Waals surface area contributed by atoms with Crippen LogP contribution < -0.4 is 0 Å². The summed E-state index contributed by atoms with van der Waals surface area (Å²) in [4.78, 5) is 11.4. The molecule has 0 amide bonds. The first-order chi connectivity index (χ1) is 10.6. The SMILES string of the molecule is O=C1C[C@@H]2[C@@H](CC[C@@H](O)CCc3ccccc3)[C@@H](O)C[C@@H]2O1. The van der Waals surface area contributed by atoms with Gasteiger partial charge in [0.1, 0.15) is 6.10 Å². The normalized spacial score (nSPS) is 31.8. The molecule has 1 saturated heterocycles. The second-order valence-corrected chi connectivity index (χ2v) is 6.62. The van der Waals surface area contributed by atoms with Crippen LogP contribution in [0.15, 0.2) is 30.3 Å². The molecule has 22 heavy (non-hydrogen) atoms. The largest absolute Gasteiger partial charge is 0.462 e. The number of carbonyl (C=O) groups is 1. The van der Waals surface area contributed by atoms with E-state index in [9.17, 15) is 15.0 Å². The van der Waals surface area contributed by atoms with Crippen molar-refractivity contribution >= 4 is 5.97 Å². The zero-order chi connectivity index (χ0) is 15.5. The van der Waals surface area contributed by atoms with Crippen LogP contribution in [0, 0.1) is 11.8 Å². The average molecular weight is 304 g/mol. The van der Waals surface area contributed by atoms with E-state index in [2.05, 4.69) is 12.1 Å². The summed E-state index contributed by atoms with van der Waals surface area (Å²) in [6.07, 6.45) is 3.15. The second-order valence-electron chi connectivity index (χ2n) is 6.62. The first-order valence-corrected chi connectivity index (χ1v) is 8.23. The smallest absolute Gasteiger partial charge is 0.306 e. The third kappa shape index (κ3) is 3.50. The molecule has 3 rings (SSSR count). The molecule has 2 fully saturated rings. The van der Waals surface area contributed by atoms with Crippen LogP contribution in [0.3, 0.4) is 0 Å². The van der Waals surface area contributed by atoms with Crippen LogP contribution >= 0.6 is 0 Å². The Morgan fingerprint density at radius 3 is 2.77 bits per heavy atom. The predicted molar refractivity (Wildman–Crippen MR) is 82.1 cm³/mol. The fourth-order valence-electron chi connectivity index (χ4n) is 3.89. The van der Waals surface area contributed by atoms with Gasteiger partial charge in [-0.1, -0.05) is 30.3 Å². The van der Waals surface area contributed by atoms with Crippen LogP contribution in [-0.2, 0) is 16.0 Å². The molecule has 4 nitrogen and oxygen atoms in total. The van der Waals surface area contributed by atoms with Gasteiger partial charge in [0.15, 0.2) is 0 Å². The van der Waals surface area contributed by atoms with E-state index in [0.717, 1.165) is 19.3 Å². The van der Waals surface area contributed by atoms with Gasteiger partial charge in [-0.15, -0.1) is 0 Å². The van der Waals surface area contributed by atoms with E-state index in [1.165, 1.54) is 5.56 Å². The molecule has 0 aromatic heterocycles. The van der Waals surface area contributed by atoms with Crippen LogP contribution in [0.5, 0.6) is 0 Å². The van der Waals surface area contributed by atoms with Crippen LogP contribution in [-0.4, -0.2) is 34.5 Å². The third-order valence-corrected chi connectivity index (χ3v) is 5.12. The molecular weight excluding hydrogens is 280 g/mol. The first kappa shape index (κ1) is 15.5. The average Bonchev–Trinajstić information content (AvgIpc) is 2.99. The topological polar surface area (TPSA) is 66.8 Å². The summed E-state index contributed by atoms with van der Waals surface area (Å²) in [7, 11) is 0. The highest BCUT2D eigenvalue weighted by atomic mass is 16.6. The summed E-state index contributed by atoms with van der Waals surface area (Å²) in [5.41, 5.74) is 1.23. The Morgan fingerprint density at radius 1 is 1.23 bits per heavy atom. The lowest BCUT2D eigenvalue weighted by Gasteiger charge is -2.20. The molecule has 1 heterocycles. The van der Waals surface area contributed by atoms with E-state index in [0.29, 0.717) is 19.3 Å². The van der Waals surface area contributed by atoms with Crippen LogP contribution in [0.25, 0.3) is 0 Å². The van der Waals surface area contributed by atoms with E-state index < -0.39 is 6.10 Å². The number of aliphatic hydroxyl groups excluding tert-OH is 2. The maximum atomic E-state index is 11.4. The van der Waals surface area contributed by atoms with Gasteiger partial charge in [-0.25, -0.2) is 0 Å². The Balaban J connectivity index is 1.44. The summed E-state index contributed by atoms with van der Waals surface area (Å²) < 4.78 is 5.24. The van der Waals surface area contributed by atoms with Crippen molar-refractivity contribution in [1.29, 1.82) is 0 Å². The number of rotatable bonds is 6. The Hall–Kier alpha value is -1.39. The molecule has 0 unspecified atom stereocenters. The van der Waals surface area contributed by atoms with Crippen molar-refractivity contribution in [2.75, 3.05) is 0 Å². The van der Waals surface area contributed by atoms with E-state index in [1.807, 2.05) is 18.2 Å². The predicted octanol–water partition coefficient (Wildman–Crippen LogP) is 2.07. The lowest BCUT2D eigenvalue weighted by atomic mass is 9.87. The molecule has 120 valence electrons. The van der Waals surface area contributed by atoms with Gasteiger partial charge in [-0.3, -0.25) is 4.79 Å². The molecule has 0 bridgehead atoms. The summed E-state index contributed by atoms with van der Waals surface area (Å²) >= 11 is 0. The number of aliphatic hydroxyl groups is 2. The van der Waals surface area contributed by atoms with Crippen LogP contribution in [0.4, 0.5) is 0 Å². The number of carbonyl (C=O) groups excluding carboxylic acids is 1. The van der Waals surface area contributed by atoms with E-state index >= 15 is 0 Å². The number of esters is 1. The molecule has 4 heteroatoms. The summed E-state index contributed by atoms with van der Waals surface area (Å²) in [6.45, 7) is 0. The van der Waals surface area contributed by atoms with Crippen LogP contribution in [0.2, 0.25) is 0 Å². The quantitative estimate of drug-likeness (QED) is 0.790. The van der Waals surface area contributed by atoms with Crippen molar-refractivity contribution in [3.05, 3.63) is 35.9 Å². The molecule has 5 atom stereocenters. The molecule has 0 spiro atoms. The number of ether oxygens (including phenoxy) is 1. The van der Waals surface area contributed by atoms with Gasteiger partial charge in [0.05, 0.1) is 18.6 Å². The lowest BCUT2D eigenvalue weighted by Crippen LogP contribution is -2.22. The van der Waals surface area contributed by atoms with E-state index in [-0.39, 0.29) is 30.0 Å². The van der Waals surface area contributed by atoms with Crippen molar-refractivity contribution in [2.24, 2.45) is 11.8 Å².